The number of ether oxygens (including phenoxy) is 2. The SMILES string of the molecule is CN=C(NCCCNC(=O)OC(C)(C)C)NCCc1ccc(OC)cc1Cl. The van der Waals surface area contributed by atoms with Crippen molar-refractivity contribution >= 4 is 23.7 Å². The molecule has 0 aliphatic rings. The van der Waals surface area contributed by atoms with Crippen LogP contribution in [-0.2, 0) is 11.2 Å². The molecule has 0 saturated carbocycles. The topological polar surface area (TPSA) is 84.0 Å². The molecule has 1 aromatic carbocycles. The number of rotatable bonds is 8. The molecule has 0 bridgehead atoms. The number of hydrogen-bond donors (Lipinski definition) is 3. The number of nitrogens with zero attached hydrogens (tertiary/aromatic N) is 1. The molecule has 1 rings (SSSR count). The Morgan fingerprint density at radius 3 is 2.41 bits per heavy atom. The van der Waals surface area contributed by atoms with Crippen LogP contribution in [0.25, 0.3) is 0 Å². The molecule has 7 nitrogen and oxygen atoms in total. The van der Waals surface area contributed by atoms with Crippen molar-refractivity contribution in [2.45, 2.75) is 39.2 Å². The minimum Gasteiger partial charge on any atom is -0.497 e. The minimum atomic E-state index is -0.485. The number of amides is 1. The average molecular weight is 399 g/mol. The molecule has 0 aliphatic heterocycles. The Balaban J connectivity index is 2.23. The molecule has 27 heavy (non-hydrogen) atoms. The highest BCUT2D eigenvalue weighted by Gasteiger charge is 2.15. The smallest absolute Gasteiger partial charge is 0.407 e. The van der Waals surface area contributed by atoms with E-state index in [1.807, 2.05) is 39.0 Å². The molecule has 0 aliphatic carbocycles. The second-order valence-electron chi connectivity index (χ2n) is 6.92. The Morgan fingerprint density at radius 2 is 1.81 bits per heavy atom. The maximum absolute atomic E-state index is 11.5. The van der Waals surface area contributed by atoms with Crippen LogP contribution in [-0.4, -0.2) is 51.4 Å². The number of nitrogens with one attached hydrogen (secondary N) is 3. The summed E-state index contributed by atoms with van der Waals surface area (Å²) >= 11 is 6.24. The molecule has 8 heteroatoms. The van der Waals surface area contributed by atoms with Gasteiger partial charge in [-0.1, -0.05) is 17.7 Å². The molecule has 0 unspecified atom stereocenters. The molecule has 152 valence electrons. The van der Waals surface area contributed by atoms with Crippen LogP contribution in [0.3, 0.4) is 0 Å². The van der Waals surface area contributed by atoms with Crippen LogP contribution in [0.2, 0.25) is 5.02 Å². The average Bonchev–Trinajstić information content (AvgIpc) is 2.59. The van der Waals surface area contributed by atoms with Gasteiger partial charge in [-0.15, -0.1) is 0 Å². The van der Waals surface area contributed by atoms with Crippen LogP contribution in [0.1, 0.15) is 32.8 Å². The van der Waals surface area contributed by atoms with Gasteiger partial charge in [0.05, 0.1) is 7.11 Å². The first-order valence-electron chi connectivity index (χ1n) is 8.99. The number of methoxy groups -OCH3 is 1. The third-order valence-corrected chi connectivity index (χ3v) is 3.84. The van der Waals surface area contributed by atoms with E-state index >= 15 is 0 Å². The number of benzene rings is 1. The molecular weight excluding hydrogens is 368 g/mol. The summed E-state index contributed by atoms with van der Waals surface area (Å²) in [6, 6.07) is 5.66. The second kappa shape index (κ2) is 11.5. The molecule has 0 radical (unpaired) electrons. The van der Waals surface area contributed by atoms with Crippen molar-refractivity contribution in [1.29, 1.82) is 0 Å². The molecule has 1 aromatic rings. The van der Waals surface area contributed by atoms with Crippen molar-refractivity contribution in [3.05, 3.63) is 28.8 Å². The van der Waals surface area contributed by atoms with E-state index in [0.29, 0.717) is 30.6 Å². The van der Waals surface area contributed by atoms with Gasteiger partial charge >= 0.3 is 6.09 Å². The molecule has 0 fully saturated rings. The zero-order valence-electron chi connectivity index (χ0n) is 16.8. The lowest BCUT2D eigenvalue weighted by Gasteiger charge is -2.19. The highest BCUT2D eigenvalue weighted by atomic mass is 35.5. The van der Waals surface area contributed by atoms with Gasteiger partial charge in [0.2, 0.25) is 0 Å². The molecule has 0 heterocycles. The quantitative estimate of drug-likeness (QED) is 0.356. The van der Waals surface area contributed by atoms with Gasteiger partial charge in [-0.2, -0.15) is 0 Å². The van der Waals surface area contributed by atoms with Crippen molar-refractivity contribution in [3.63, 3.8) is 0 Å². The third-order valence-electron chi connectivity index (χ3n) is 3.48. The van der Waals surface area contributed by atoms with Crippen LogP contribution in [0.4, 0.5) is 4.79 Å². The number of halogens is 1. The van der Waals surface area contributed by atoms with E-state index in [9.17, 15) is 4.79 Å². The predicted octanol–water partition coefficient (Wildman–Crippen LogP) is 2.97. The molecule has 0 atom stereocenters. The fourth-order valence-electron chi connectivity index (χ4n) is 2.19. The molecule has 0 spiro atoms. The Kier molecular flexibility index (Phi) is 9.78. The van der Waals surface area contributed by atoms with Crippen molar-refractivity contribution in [3.8, 4) is 5.75 Å². The minimum absolute atomic E-state index is 0.402. The fourth-order valence-corrected chi connectivity index (χ4v) is 2.46. The van der Waals surface area contributed by atoms with Gasteiger partial charge in [0, 0.05) is 31.7 Å². The van der Waals surface area contributed by atoms with Crippen LogP contribution in [0, 0.1) is 0 Å². The van der Waals surface area contributed by atoms with E-state index < -0.39 is 11.7 Å². The number of hydrogen-bond acceptors (Lipinski definition) is 4. The zero-order valence-corrected chi connectivity index (χ0v) is 17.6. The summed E-state index contributed by atoms with van der Waals surface area (Å²) in [6.07, 6.45) is 1.12. The van der Waals surface area contributed by atoms with Crippen LogP contribution in [0.5, 0.6) is 5.75 Å². The lowest BCUT2D eigenvalue weighted by Crippen LogP contribution is -2.40. The largest absolute Gasteiger partial charge is 0.497 e. The van der Waals surface area contributed by atoms with Crippen LogP contribution < -0.4 is 20.7 Å². The Labute approximate surface area is 166 Å². The molecular formula is C19H31ClN4O3. The highest BCUT2D eigenvalue weighted by molar-refractivity contribution is 6.31. The lowest BCUT2D eigenvalue weighted by molar-refractivity contribution is 0.0527. The first kappa shape index (κ1) is 22.9. The van der Waals surface area contributed by atoms with Gasteiger partial charge in [-0.05, 0) is 51.3 Å². The summed E-state index contributed by atoms with van der Waals surface area (Å²) in [6.45, 7) is 7.41. The van der Waals surface area contributed by atoms with Crippen molar-refractivity contribution in [2.24, 2.45) is 4.99 Å². The second-order valence-corrected chi connectivity index (χ2v) is 7.32. The van der Waals surface area contributed by atoms with E-state index in [-0.39, 0.29) is 0 Å². The van der Waals surface area contributed by atoms with E-state index in [1.54, 1.807) is 14.2 Å². The number of alkyl carbamates (subject to hydrolysis) is 1. The number of carbonyl (C=O) groups is 1. The van der Waals surface area contributed by atoms with Gasteiger partial charge in [-0.25, -0.2) is 4.79 Å². The Bertz CT molecular complexity index is 630. The molecule has 3 N–H and O–H groups in total. The van der Waals surface area contributed by atoms with Gasteiger partial charge < -0.3 is 25.4 Å². The number of carbonyl (C=O) groups excluding carboxylic acids is 1. The summed E-state index contributed by atoms with van der Waals surface area (Å²) in [5.74, 6) is 1.45. The zero-order chi connectivity index (χ0) is 20.3. The Hall–Kier alpha value is -2.15. The van der Waals surface area contributed by atoms with Crippen LogP contribution >= 0.6 is 11.6 Å². The third kappa shape index (κ3) is 9.94. The first-order chi connectivity index (χ1) is 12.7. The predicted molar refractivity (Wildman–Crippen MR) is 110 cm³/mol. The van der Waals surface area contributed by atoms with Crippen molar-refractivity contribution in [2.75, 3.05) is 33.8 Å². The summed E-state index contributed by atoms with van der Waals surface area (Å²) in [7, 11) is 3.33. The maximum atomic E-state index is 11.5. The number of aliphatic imine (C=N–C) groups is 1. The highest BCUT2D eigenvalue weighted by Crippen LogP contribution is 2.22. The molecule has 0 saturated heterocycles. The van der Waals surface area contributed by atoms with Gasteiger partial charge in [0.1, 0.15) is 11.4 Å². The normalized spacial score (nSPS) is 11.7. The first-order valence-corrected chi connectivity index (χ1v) is 9.36. The van der Waals surface area contributed by atoms with E-state index in [1.165, 1.54) is 0 Å². The fraction of sp³-hybridized carbons (Fsp3) is 0.579. The van der Waals surface area contributed by atoms with Crippen LogP contribution in [0.15, 0.2) is 23.2 Å². The number of guanidine groups is 1. The summed E-state index contributed by atoms with van der Waals surface area (Å²) in [5, 5.41) is 9.86. The Morgan fingerprint density at radius 1 is 1.15 bits per heavy atom. The summed E-state index contributed by atoms with van der Waals surface area (Å²) in [4.78, 5) is 15.7. The lowest BCUT2D eigenvalue weighted by atomic mass is 10.1. The van der Waals surface area contributed by atoms with E-state index in [2.05, 4.69) is 20.9 Å². The summed E-state index contributed by atoms with van der Waals surface area (Å²) < 4.78 is 10.3. The van der Waals surface area contributed by atoms with Gasteiger partial charge in [-0.3, -0.25) is 4.99 Å². The summed E-state index contributed by atoms with van der Waals surface area (Å²) in [5.41, 5.74) is 0.558. The van der Waals surface area contributed by atoms with Gasteiger partial charge in [0.15, 0.2) is 5.96 Å². The van der Waals surface area contributed by atoms with Crippen molar-refractivity contribution in [1.82, 2.24) is 16.0 Å². The van der Waals surface area contributed by atoms with E-state index in [4.69, 9.17) is 21.1 Å². The maximum Gasteiger partial charge on any atom is 0.407 e. The molecule has 1 amide bonds. The van der Waals surface area contributed by atoms with Crippen molar-refractivity contribution < 1.29 is 14.3 Å². The van der Waals surface area contributed by atoms with E-state index in [0.717, 1.165) is 24.2 Å². The monoisotopic (exact) mass is 398 g/mol. The standard InChI is InChI=1S/C19H31ClN4O3/c1-19(2,3)27-18(25)24-11-6-10-22-17(21-4)23-12-9-14-7-8-15(26-5)13-16(14)20/h7-8,13H,6,9-12H2,1-5H3,(H,24,25)(H2,21,22,23). The van der Waals surface area contributed by atoms with Gasteiger partial charge in [0.25, 0.3) is 0 Å². The molecule has 0 aromatic heterocycles.